The predicted octanol–water partition coefficient (Wildman–Crippen LogP) is 16.6. The molecule has 0 aliphatic rings. The standard InChI is InChI=1S/C72H48N2SSi/c1-6-24-49(25-7-1)63-47-55(76(52-28-10-3-11-29-52,53-30-12-4-13-31-53)54-32-14-5-15-33-54)48-64(50-26-8-2-9-27-50)71(63)74-67-42-20-17-35-57(67)65-46-51(44-45-68(65)74)73-66-41-19-16-34-56(66)59-37-22-38-60(70(59)73)62-40-23-39-61-58-36-18-21-43-69(58)75-72(61)62/h1-48H. The van der Waals surface area contributed by atoms with Crippen LogP contribution in [-0.4, -0.2) is 17.2 Å². The number of hydrogen-bond donors (Lipinski definition) is 0. The summed E-state index contributed by atoms with van der Waals surface area (Å²) in [6, 6.07) is 109. The molecule has 0 saturated heterocycles. The highest BCUT2D eigenvalue weighted by Crippen LogP contribution is 2.46. The largest absolute Gasteiger partial charge is 0.309 e. The highest BCUT2D eigenvalue weighted by molar-refractivity contribution is 7.26. The van der Waals surface area contributed by atoms with Crippen LogP contribution < -0.4 is 20.7 Å². The van der Waals surface area contributed by atoms with Crippen LogP contribution in [0.2, 0.25) is 0 Å². The molecular weight excluding hydrogens is 953 g/mol. The molecule has 4 heteroatoms. The molecule has 0 fully saturated rings. The molecule has 76 heavy (non-hydrogen) atoms. The topological polar surface area (TPSA) is 9.86 Å². The molecule has 0 aliphatic carbocycles. The van der Waals surface area contributed by atoms with Crippen molar-refractivity contribution in [2.24, 2.45) is 0 Å². The molecule has 2 nitrogen and oxygen atoms in total. The molecule has 15 rings (SSSR count). The Morgan fingerprint density at radius 3 is 1.32 bits per heavy atom. The van der Waals surface area contributed by atoms with Gasteiger partial charge in [0.2, 0.25) is 0 Å². The third kappa shape index (κ3) is 6.78. The summed E-state index contributed by atoms with van der Waals surface area (Å²) < 4.78 is 7.72. The fraction of sp³-hybridized carbons (Fsp3) is 0. The third-order valence-corrected chi connectivity index (χ3v) is 21.8. The van der Waals surface area contributed by atoms with E-state index in [1.54, 1.807) is 0 Å². The number of rotatable bonds is 9. The number of fused-ring (bicyclic) bond motifs is 9. The minimum atomic E-state index is -2.99. The quantitative estimate of drug-likeness (QED) is 0.101. The van der Waals surface area contributed by atoms with Gasteiger partial charge in [-0.3, -0.25) is 0 Å². The maximum atomic E-state index is 2.57. The first-order valence-corrected chi connectivity index (χ1v) is 29.0. The Hall–Kier alpha value is -9.32. The van der Waals surface area contributed by atoms with E-state index in [0.29, 0.717) is 0 Å². The van der Waals surface area contributed by atoms with Crippen LogP contribution in [0.15, 0.2) is 291 Å². The summed E-state index contributed by atoms with van der Waals surface area (Å²) in [7, 11) is -2.99. The van der Waals surface area contributed by atoms with Crippen molar-refractivity contribution in [1.29, 1.82) is 0 Å². The van der Waals surface area contributed by atoms with Gasteiger partial charge in [-0.15, -0.1) is 11.3 Å². The fourth-order valence-corrected chi connectivity index (χ4v) is 18.7. The van der Waals surface area contributed by atoms with Gasteiger partial charge in [-0.1, -0.05) is 255 Å². The molecule has 0 bridgehead atoms. The van der Waals surface area contributed by atoms with Crippen molar-refractivity contribution in [1.82, 2.24) is 9.13 Å². The van der Waals surface area contributed by atoms with Gasteiger partial charge in [0, 0.05) is 69.7 Å². The van der Waals surface area contributed by atoms with Gasteiger partial charge >= 0.3 is 0 Å². The molecular formula is C72H48N2SSi. The van der Waals surface area contributed by atoms with Crippen LogP contribution in [0, 0.1) is 0 Å². The molecule has 3 heterocycles. The molecule has 0 spiro atoms. The number of aromatic nitrogens is 2. The van der Waals surface area contributed by atoms with Gasteiger partial charge in [0.05, 0.1) is 27.8 Å². The normalized spacial score (nSPS) is 11.9. The third-order valence-electron chi connectivity index (χ3n) is 15.9. The molecule has 0 atom stereocenters. The number of thiophene rings is 1. The SMILES string of the molecule is c1ccc(-c2cc([Si](c3ccccc3)(c3ccccc3)c3ccccc3)cc(-c3ccccc3)c2-n2c3ccccc3c3cc(-n4c5ccccc5c5cccc(-c6cccc7c6sc6ccccc67)c54)ccc32)cc1. The Balaban J connectivity index is 1.04. The van der Waals surface area contributed by atoms with Crippen LogP contribution in [-0.2, 0) is 0 Å². The van der Waals surface area contributed by atoms with Gasteiger partial charge in [-0.05, 0) is 68.3 Å². The molecule has 356 valence electrons. The molecule has 0 amide bonds. The Kier molecular flexibility index (Phi) is 10.4. The van der Waals surface area contributed by atoms with Crippen LogP contribution in [0.4, 0.5) is 0 Å². The van der Waals surface area contributed by atoms with E-state index in [2.05, 4.69) is 300 Å². The van der Waals surface area contributed by atoms with Crippen molar-refractivity contribution < 1.29 is 0 Å². The Bertz CT molecular complexity index is 4510. The van der Waals surface area contributed by atoms with Gasteiger partial charge in [0.25, 0.3) is 0 Å². The molecule has 0 unspecified atom stereocenters. The van der Waals surface area contributed by atoms with Crippen molar-refractivity contribution in [3.8, 4) is 44.8 Å². The molecule has 15 aromatic rings. The van der Waals surface area contributed by atoms with E-state index in [1.165, 1.54) is 107 Å². The second-order valence-electron chi connectivity index (χ2n) is 19.9. The average Bonchev–Trinajstić information content (AvgIpc) is 4.17. The zero-order valence-electron chi connectivity index (χ0n) is 41.5. The summed E-state index contributed by atoms with van der Waals surface area (Å²) in [5, 5.41) is 12.9. The summed E-state index contributed by atoms with van der Waals surface area (Å²) >= 11 is 1.89. The second kappa shape index (κ2) is 18.0. The highest BCUT2D eigenvalue weighted by Gasteiger charge is 2.42. The lowest BCUT2D eigenvalue weighted by atomic mass is 9.95. The van der Waals surface area contributed by atoms with E-state index in [9.17, 15) is 0 Å². The van der Waals surface area contributed by atoms with E-state index in [-0.39, 0.29) is 0 Å². The number of benzene rings is 12. The minimum absolute atomic E-state index is 1.13. The predicted molar refractivity (Wildman–Crippen MR) is 328 cm³/mol. The average molecular weight is 1000 g/mol. The molecule has 0 N–H and O–H groups in total. The first-order chi connectivity index (χ1) is 37.7. The van der Waals surface area contributed by atoms with Gasteiger partial charge in [-0.25, -0.2) is 0 Å². The van der Waals surface area contributed by atoms with Gasteiger partial charge in [0.15, 0.2) is 8.07 Å². The maximum absolute atomic E-state index is 2.99. The fourth-order valence-electron chi connectivity index (χ4n) is 12.6. The smallest absolute Gasteiger partial charge is 0.179 e. The van der Waals surface area contributed by atoms with Gasteiger partial charge in [-0.2, -0.15) is 0 Å². The summed E-state index contributed by atoms with van der Waals surface area (Å²) in [5.74, 6) is 0. The van der Waals surface area contributed by atoms with Crippen molar-refractivity contribution in [2.75, 3.05) is 0 Å². The molecule has 0 radical (unpaired) electrons. The van der Waals surface area contributed by atoms with Crippen LogP contribution in [0.3, 0.4) is 0 Å². The summed E-state index contributed by atoms with van der Waals surface area (Å²) in [4.78, 5) is 0. The van der Waals surface area contributed by atoms with Crippen molar-refractivity contribution >= 4 is 104 Å². The maximum Gasteiger partial charge on any atom is 0.179 e. The van der Waals surface area contributed by atoms with E-state index >= 15 is 0 Å². The molecule has 3 aromatic heterocycles. The van der Waals surface area contributed by atoms with Gasteiger partial charge < -0.3 is 9.13 Å². The Morgan fingerprint density at radius 1 is 0.276 bits per heavy atom. The summed E-state index contributed by atoms with van der Waals surface area (Å²) in [5.41, 5.74) is 14.2. The first kappa shape index (κ1) is 44.2. The Labute approximate surface area is 446 Å². The summed E-state index contributed by atoms with van der Waals surface area (Å²) in [6.45, 7) is 0. The van der Waals surface area contributed by atoms with Crippen LogP contribution in [0.1, 0.15) is 0 Å². The zero-order chi connectivity index (χ0) is 50.2. The van der Waals surface area contributed by atoms with Crippen LogP contribution >= 0.6 is 11.3 Å². The number of para-hydroxylation sites is 3. The number of hydrogen-bond acceptors (Lipinski definition) is 1. The van der Waals surface area contributed by atoms with E-state index in [4.69, 9.17) is 0 Å². The highest BCUT2D eigenvalue weighted by atomic mass is 32.1. The minimum Gasteiger partial charge on any atom is -0.309 e. The van der Waals surface area contributed by atoms with Gasteiger partial charge in [0.1, 0.15) is 0 Å². The zero-order valence-corrected chi connectivity index (χ0v) is 43.3. The molecule has 0 saturated carbocycles. The Morgan fingerprint density at radius 2 is 0.724 bits per heavy atom. The lowest BCUT2D eigenvalue weighted by Crippen LogP contribution is -2.74. The van der Waals surface area contributed by atoms with E-state index < -0.39 is 8.07 Å². The van der Waals surface area contributed by atoms with Crippen molar-refractivity contribution in [3.63, 3.8) is 0 Å². The van der Waals surface area contributed by atoms with E-state index in [1.807, 2.05) is 11.3 Å². The monoisotopic (exact) mass is 1000 g/mol. The summed E-state index contributed by atoms with van der Waals surface area (Å²) in [6.07, 6.45) is 0. The molecule has 0 aliphatic heterocycles. The number of nitrogens with zero attached hydrogens (tertiary/aromatic N) is 2. The lowest BCUT2D eigenvalue weighted by Gasteiger charge is -2.36. The lowest BCUT2D eigenvalue weighted by molar-refractivity contribution is 1.17. The molecule has 12 aromatic carbocycles. The van der Waals surface area contributed by atoms with E-state index in [0.717, 1.165) is 22.4 Å². The van der Waals surface area contributed by atoms with Crippen molar-refractivity contribution in [3.05, 3.63) is 291 Å². The van der Waals surface area contributed by atoms with Crippen molar-refractivity contribution in [2.45, 2.75) is 0 Å². The van der Waals surface area contributed by atoms with Crippen LogP contribution in [0.25, 0.3) is 109 Å². The second-order valence-corrected chi connectivity index (χ2v) is 24.8. The first-order valence-electron chi connectivity index (χ1n) is 26.2. The van der Waals surface area contributed by atoms with Crippen LogP contribution in [0.5, 0.6) is 0 Å².